The summed E-state index contributed by atoms with van der Waals surface area (Å²) in [5.74, 6) is -2.69. The molecule has 9 nitrogen and oxygen atoms in total. The molecule has 5 aliphatic rings. The third-order valence-corrected chi connectivity index (χ3v) is 10.1. The highest BCUT2D eigenvalue weighted by Gasteiger charge is 2.60. The Morgan fingerprint density at radius 3 is 2.60 bits per heavy atom. The minimum atomic E-state index is -1.78. The number of hydrogen-bond acceptors (Lipinski definition) is 9. The molecule has 4 N–H and O–H groups in total. The second-order valence-corrected chi connectivity index (χ2v) is 13.4. The molecule has 3 saturated heterocycles. The van der Waals surface area contributed by atoms with Crippen LogP contribution in [0.2, 0.25) is 0 Å². The summed E-state index contributed by atoms with van der Waals surface area (Å²) in [5.41, 5.74) is 0.0475. The second kappa shape index (κ2) is 12.3. The zero-order valence-electron chi connectivity index (χ0n) is 25.4. The van der Waals surface area contributed by atoms with Gasteiger partial charge in [-0.2, -0.15) is 0 Å². The molecule has 234 valence electrons. The quantitative estimate of drug-likeness (QED) is 0.284. The number of allylic oxidation sites excluding steroid dienone is 2. The average molecular weight is 589 g/mol. The number of fused-ring (bicyclic) bond motifs is 2. The number of hydrogen-bond donors (Lipinski definition) is 4. The number of ether oxygens (including phenoxy) is 4. The molecule has 0 aromatic carbocycles. The van der Waals surface area contributed by atoms with E-state index in [4.69, 9.17) is 18.9 Å². The molecule has 0 radical (unpaired) electrons. The van der Waals surface area contributed by atoms with Crippen molar-refractivity contribution >= 4 is 5.97 Å². The van der Waals surface area contributed by atoms with E-state index in [-0.39, 0.29) is 43.2 Å². The molecule has 0 aromatic heterocycles. The molecule has 5 rings (SSSR count). The fraction of sp³-hybridized carbons (Fsp3) is 0.727. The van der Waals surface area contributed by atoms with Crippen molar-refractivity contribution in [1.82, 2.24) is 0 Å². The summed E-state index contributed by atoms with van der Waals surface area (Å²) in [5, 5.41) is 43.9. The fourth-order valence-electron chi connectivity index (χ4n) is 7.42. The Morgan fingerprint density at radius 2 is 1.86 bits per heavy atom. The van der Waals surface area contributed by atoms with Gasteiger partial charge in [0.2, 0.25) is 0 Å². The van der Waals surface area contributed by atoms with E-state index in [1.54, 1.807) is 25.2 Å². The van der Waals surface area contributed by atoms with E-state index in [2.05, 4.69) is 6.92 Å². The highest BCUT2D eigenvalue weighted by molar-refractivity contribution is 5.78. The molecule has 1 aliphatic carbocycles. The highest BCUT2D eigenvalue weighted by Crippen LogP contribution is 2.47. The van der Waals surface area contributed by atoms with Crippen molar-refractivity contribution in [3.8, 4) is 0 Å². The van der Waals surface area contributed by atoms with Crippen molar-refractivity contribution in [3.05, 3.63) is 47.1 Å². The van der Waals surface area contributed by atoms with E-state index >= 15 is 0 Å². The minimum absolute atomic E-state index is 0.00370. The first-order valence-electron chi connectivity index (χ1n) is 15.5. The summed E-state index contributed by atoms with van der Waals surface area (Å²) in [4.78, 5) is 13.9. The van der Waals surface area contributed by atoms with Crippen LogP contribution in [0.3, 0.4) is 0 Å². The van der Waals surface area contributed by atoms with Crippen molar-refractivity contribution in [3.63, 3.8) is 0 Å². The molecule has 42 heavy (non-hydrogen) atoms. The van der Waals surface area contributed by atoms with Crippen LogP contribution in [0.25, 0.3) is 0 Å². The normalized spacial score (nSPS) is 45.4. The number of aliphatic hydroxyl groups excluding tert-OH is 3. The van der Waals surface area contributed by atoms with Gasteiger partial charge >= 0.3 is 5.97 Å². The van der Waals surface area contributed by atoms with Gasteiger partial charge in [0, 0.05) is 37.7 Å². The van der Waals surface area contributed by atoms with Gasteiger partial charge in [0.05, 0.1) is 24.9 Å². The predicted molar refractivity (Wildman–Crippen MR) is 155 cm³/mol. The van der Waals surface area contributed by atoms with Crippen LogP contribution in [0, 0.1) is 23.7 Å². The minimum Gasteiger partial charge on any atom is -0.462 e. The van der Waals surface area contributed by atoms with Gasteiger partial charge in [-0.05, 0) is 49.3 Å². The molecule has 12 unspecified atom stereocenters. The molecule has 4 heterocycles. The lowest BCUT2D eigenvalue weighted by Crippen LogP contribution is -2.58. The smallest absolute Gasteiger partial charge is 0.316 e. The molecule has 12 atom stereocenters. The van der Waals surface area contributed by atoms with Gasteiger partial charge in [0.25, 0.3) is 0 Å². The van der Waals surface area contributed by atoms with Crippen LogP contribution >= 0.6 is 0 Å². The molecule has 9 heteroatoms. The Bertz CT molecular complexity index is 1140. The van der Waals surface area contributed by atoms with Crippen molar-refractivity contribution in [2.45, 2.75) is 115 Å². The third-order valence-electron chi connectivity index (χ3n) is 10.1. The van der Waals surface area contributed by atoms with Crippen molar-refractivity contribution in [2.75, 3.05) is 13.2 Å². The Morgan fingerprint density at radius 1 is 1.10 bits per heavy atom. The van der Waals surface area contributed by atoms with Gasteiger partial charge in [-0.25, -0.2) is 0 Å². The molecule has 2 bridgehead atoms. The summed E-state index contributed by atoms with van der Waals surface area (Å²) in [7, 11) is 0. The molecular weight excluding hydrogens is 540 g/mol. The van der Waals surface area contributed by atoms with E-state index in [0.717, 1.165) is 12.0 Å². The van der Waals surface area contributed by atoms with E-state index in [1.165, 1.54) is 0 Å². The van der Waals surface area contributed by atoms with Crippen molar-refractivity contribution in [2.24, 2.45) is 23.7 Å². The van der Waals surface area contributed by atoms with Gasteiger partial charge in [0.1, 0.15) is 29.8 Å². The largest absolute Gasteiger partial charge is 0.462 e. The second-order valence-electron chi connectivity index (χ2n) is 13.4. The van der Waals surface area contributed by atoms with Crippen LogP contribution < -0.4 is 0 Å². The lowest BCUT2D eigenvalue weighted by molar-refractivity contribution is -0.341. The number of esters is 1. The number of carbonyl (C=O) groups excluding carboxylic acids is 1. The van der Waals surface area contributed by atoms with Gasteiger partial charge < -0.3 is 39.4 Å². The monoisotopic (exact) mass is 588 g/mol. The highest BCUT2D eigenvalue weighted by atomic mass is 16.7. The molecular formula is C33H48O9. The third kappa shape index (κ3) is 5.82. The first-order chi connectivity index (χ1) is 19.9. The molecule has 4 aliphatic heterocycles. The van der Waals surface area contributed by atoms with Crippen LogP contribution in [0.1, 0.15) is 66.7 Å². The van der Waals surface area contributed by atoms with E-state index in [1.807, 2.05) is 32.9 Å². The zero-order valence-corrected chi connectivity index (χ0v) is 25.4. The Labute approximate surface area is 248 Å². The fourth-order valence-corrected chi connectivity index (χ4v) is 7.42. The summed E-state index contributed by atoms with van der Waals surface area (Å²) in [6, 6.07) is 0. The van der Waals surface area contributed by atoms with Gasteiger partial charge in [-0.3, -0.25) is 4.79 Å². The van der Waals surface area contributed by atoms with Crippen LogP contribution in [0.15, 0.2) is 47.1 Å². The Kier molecular flexibility index (Phi) is 9.22. The number of aliphatic hydroxyl groups is 4. The molecule has 3 fully saturated rings. The van der Waals surface area contributed by atoms with Crippen LogP contribution in [0.4, 0.5) is 0 Å². The molecule has 1 spiro atoms. The van der Waals surface area contributed by atoms with E-state index in [0.29, 0.717) is 36.8 Å². The number of carbonyl (C=O) groups is 1. The van der Waals surface area contributed by atoms with E-state index < -0.39 is 47.7 Å². The maximum Gasteiger partial charge on any atom is 0.316 e. The first-order valence-corrected chi connectivity index (χ1v) is 15.5. The molecule has 0 aromatic rings. The maximum atomic E-state index is 13.9. The summed E-state index contributed by atoms with van der Waals surface area (Å²) in [6.07, 6.45) is 7.79. The number of rotatable bonds is 2. The topological polar surface area (TPSA) is 135 Å². The lowest BCUT2D eigenvalue weighted by Gasteiger charge is -2.51. The average Bonchev–Trinajstić information content (AvgIpc) is 3.30. The zero-order chi connectivity index (χ0) is 30.4. The summed E-state index contributed by atoms with van der Waals surface area (Å²) < 4.78 is 25.4. The molecule has 0 amide bonds. The lowest BCUT2D eigenvalue weighted by atomic mass is 9.71. The van der Waals surface area contributed by atoms with Crippen LogP contribution in [-0.2, 0) is 23.7 Å². The SMILES string of the molecule is CC1=CCC2CC(CC3(CCC(C)C(C(C)CO)O3)O2)OC(=O)C2C=C(C)C(O)C3OCC(=CC=CC(C)C1O)C23O. The predicted octanol–water partition coefficient (Wildman–Crippen LogP) is 3.11. The first kappa shape index (κ1) is 31.6. The van der Waals surface area contributed by atoms with Crippen LogP contribution in [0.5, 0.6) is 0 Å². The van der Waals surface area contributed by atoms with Crippen LogP contribution in [-0.4, -0.2) is 87.6 Å². The van der Waals surface area contributed by atoms with E-state index in [9.17, 15) is 25.2 Å². The van der Waals surface area contributed by atoms with Gasteiger partial charge in [-0.15, -0.1) is 0 Å². The Hall–Kier alpha value is -1.85. The van der Waals surface area contributed by atoms with Gasteiger partial charge in [-0.1, -0.05) is 51.2 Å². The summed E-state index contributed by atoms with van der Waals surface area (Å²) >= 11 is 0. The molecule has 0 saturated carbocycles. The van der Waals surface area contributed by atoms with Gasteiger partial charge in [0.15, 0.2) is 5.79 Å². The Balaban J connectivity index is 1.53. The standard InChI is InChI=1S/C33H48O9/c1-18-7-6-8-23-17-39-30-28(36)21(4)13-26(33(23,30)38)31(37)40-25-14-24(10-9-19(2)27(18)35)41-32(15-25)12-11-20(3)29(42-32)22(5)16-34/h6-9,13,18,20,22,24-30,34-36,38H,10-12,14-17H2,1-5H3. The van der Waals surface area contributed by atoms with Crippen molar-refractivity contribution < 1.29 is 44.2 Å². The summed E-state index contributed by atoms with van der Waals surface area (Å²) in [6.45, 7) is 9.67. The maximum absolute atomic E-state index is 13.9. The van der Waals surface area contributed by atoms with Crippen molar-refractivity contribution in [1.29, 1.82) is 0 Å².